The lowest BCUT2D eigenvalue weighted by molar-refractivity contribution is -0.149. The van der Waals surface area contributed by atoms with E-state index in [1.54, 1.807) is 6.20 Å². The number of amides is 1. The van der Waals surface area contributed by atoms with Crippen LogP contribution in [0.15, 0.2) is 6.20 Å². The van der Waals surface area contributed by atoms with Gasteiger partial charge in [0.2, 0.25) is 5.91 Å². The summed E-state index contributed by atoms with van der Waals surface area (Å²) in [6.07, 6.45) is 7.02. The third-order valence-corrected chi connectivity index (χ3v) is 6.19. The maximum atomic E-state index is 12.4. The van der Waals surface area contributed by atoms with Crippen LogP contribution in [0.2, 0.25) is 0 Å². The Kier molecular flexibility index (Phi) is 6.11. The minimum Gasteiger partial charge on any atom is -0.366 e. The molecule has 0 aromatic carbocycles. The fraction of sp³-hybridized carbons (Fsp3) is 0.762. The SMILES string of the molecule is Cc1cnc(C)c(NC[C@@H]2CN(CC3CCN(CC4CC4)CC3)C(=O)CO2)n1. The molecule has 0 bridgehead atoms. The number of ether oxygens (including phenoxy) is 1. The zero-order valence-electron chi connectivity index (χ0n) is 17.2. The molecule has 7 nitrogen and oxygen atoms in total. The number of piperidine rings is 1. The number of hydrogen-bond acceptors (Lipinski definition) is 6. The highest BCUT2D eigenvalue weighted by atomic mass is 16.5. The zero-order chi connectivity index (χ0) is 19.5. The number of morpholine rings is 1. The van der Waals surface area contributed by atoms with E-state index in [1.807, 2.05) is 18.7 Å². The van der Waals surface area contributed by atoms with Crippen molar-refractivity contribution in [1.82, 2.24) is 19.8 Å². The first-order valence-corrected chi connectivity index (χ1v) is 10.7. The van der Waals surface area contributed by atoms with Crippen LogP contribution in [0, 0.1) is 25.7 Å². The van der Waals surface area contributed by atoms with Gasteiger partial charge in [-0.25, -0.2) is 4.98 Å². The normalized spacial score (nSPS) is 24.6. The van der Waals surface area contributed by atoms with Crippen LogP contribution < -0.4 is 5.32 Å². The molecule has 0 unspecified atom stereocenters. The second-order valence-corrected chi connectivity index (χ2v) is 8.75. The van der Waals surface area contributed by atoms with Crippen molar-refractivity contribution in [2.45, 2.75) is 45.6 Å². The Morgan fingerprint density at radius 1 is 1.14 bits per heavy atom. The first kappa shape index (κ1) is 19.6. The quantitative estimate of drug-likeness (QED) is 0.770. The van der Waals surface area contributed by atoms with Gasteiger partial charge in [0, 0.05) is 32.4 Å². The number of carbonyl (C=O) groups excluding carboxylic acids is 1. The van der Waals surface area contributed by atoms with Crippen molar-refractivity contribution in [2.24, 2.45) is 11.8 Å². The Morgan fingerprint density at radius 2 is 1.89 bits per heavy atom. The third-order valence-electron chi connectivity index (χ3n) is 6.19. The average Bonchev–Trinajstić information content (AvgIpc) is 3.50. The topological polar surface area (TPSA) is 70.6 Å². The Hall–Kier alpha value is -1.73. The monoisotopic (exact) mass is 387 g/mol. The number of nitrogens with one attached hydrogen (secondary N) is 1. The molecule has 2 aliphatic heterocycles. The molecule has 3 aliphatic rings. The van der Waals surface area contributed by atoms with Crippen molar-refractivity contribution in [3.8, 4) is 0 Å². The van der Waals surface area contributed by atoms with Crippen LogP contribution in [-0.4, -0.2) is 77.7 Å². The number of aryl methyl sites for hydroxylation is 2. The van der Waals surface area contributed by atoms with E-state index in [4.69, 9.17) is 4.74 Å². The van der Waals surface area contributed by atoms with Gasteiger partial charge in [-0.15, -0.1) is 0 Å². The highest BCUT2D eigenvalue weighted by Gasteiger charge is 2.31. The number of aromatic nitrogens is 2. The molecule has 1 aromatic rings. The largest absolute Gasteiger partial charge is 0.366 e. The summed E-state index contributed by atoms with van der Waals surface area (Å²) < 4.78 is 5.76. The molecule has 3 heterocycles. The van der Waals surface area contributed by atoms with E-state index in [-0.39, 0.29) is 18.6 Å². The lowest BCUT2D eigenvalue weighted by Gasteiger charge is -2.38. The maximum Gasteiger partial charge on any atom is 0.248 e. The van der Waals surface area contributed by atoms with Crippen LogP contribution in [0.25, 0.3) is 0 Å². The molecule has 154 valence electrons. The molecular formula is C21H33N5O2. The zero-order valence-corrected chi connectivity index (χ0v) is 17.2. The number of hydrogen-bond donors (Lipinski definition) is 1. The summed E-state index contributed by atoms with van der Waals surface area (Å²) in [5.74, 6) is 2.52. The third kappa shape index (κ3) is 5.20. The summed E-state index contributed by atoms with van der Waals surface area (Å²) in [5, 5.41) is 3.35. The van der Waals surface area contributed by atoms with Crippen LogP contribution in [0.5, 0.6) is 0 Å². The van der Waals surface area contributed by atoms with Gasteiger partial charge in [0.1, 0.15) is 12.4 Å². The first-order chi connectivity index (χ1) is 13.6. The highest BCUT2D eigenvalue weighted by Crippen LogP contribution is 2.31. The summed E-state index contributed by atoms with van der Waals surface area (Å²) in [7, 11) is 0. The predicted molar refractivity (Wildman–Crippen MR) is 108 cm³/mol. The van der Waals surface area contributed by atoms with E-state index >= 15 is 0 Å². The van der Waals surface area contributed by atoms with Gasteiger partial charge in [0.05, 0.1) is 17.5 Å². The van der Waals surface area contributed by atoms with Crippen molar-refractivity contribution in [1.29, 1.82) is 0 Å². The second-order valence-electron chi connectivity index (χ2n) is 8.75. The highest BCUT2D eigenvalue weighted by molar-refractivity contribution is 5.78. The van der Waals surface area contributed by atoms with E-state index in [9.17, 15) is 4.79 Å². The van der Waals surface area contributed by atoms with Gasteiger partial charge < -0.3 is 19.9 Å². The molecule has 28 heavy (non-hydrogen) atoms. The maximum absolute atomic E-state index is 12.4. The lowest BCUT2D eigenvalue weighted by atomic mass is 9.95. The summed E-state index contributed by atoms with van der Waals surface area (Å²) >= 11 is 0. The van der Waals surface area contributed by atoms with Gasteiger partial charge in [-0.3, -0.25) is 9.78 Å². The van der Waals surface area contributed by atoms with Gasteiger partial charge in [-0.2, -0.15) is 0 Å². The van der Waals surface area contributed by atoms with Crippen LogP contribution in [-0.2, 0) is 9.53 Å². The fourth-order valence-corrected chi connectivity index (χ4v) is 4.22. The molecule has 1 aromatic heterocycles. The van der Waals surface area contributed by atoms with Crippen molar-refractivity contribution in [3.63, 3.8) is 0 Å². The van der Waals surface area contributed by atoms with Gasteiger partial charge in [-0.05, 0) is 64.5 Å². The number of nitrogens with zero attached hydrogens (tertiary/aromatic N) is 4. The fourth-order valence-electron chi connectivity index (χ4n) is 4.22. The van der Waals surface area contributed by atoms with Crippen LogP contribution >= 0.6 is 0 Å². The first-order valence-electron chi connectivity index (χ1n) is 10.7. The minimum absolute atomic E-state index is 0.00521. The summed E-state index contributed by atoms with van der Waals surface area (Å²) in [4.78, 5) is 25.8. The average molecular weight is 388 g/mol. The Morgan fingerprint density at radius 3 is 2.64 bits per heavy atom. The molecule has 7 heteroatoms. The van der Waals surface area contributed by atoms with Gasteiger partial charge >= 0.3 is 0 Å². The predicted octanol–water partition coefficient (Wildman–Crippen LogP) is 1.85. The molecule has 1 aliphatic carbocycles. The molecule has 1 saturated carbocycles. The molecule has 1 amide bonds. The minimum atomic E-state index is -0.00521. The number of carbonyl (C=O) groups is 1. The smallest absolute Gasteiger partial charge is 0.248 e. The number of rotatable bonds is 7. The second kappa shape index (κ2) is 8.74. The van der Waals surface area contributed by atoms with E-state index < -0.39 is 0 Å². The lowest BCUT2D eigenvalue weighted by Crippen LogP contribution is -2.51. The van der Waals surface area contributed by atoms with E-state index in [0.29, 0.717) is 19.0 Å². The molecule has 0 spiro atoms. The van der Waals surface area contributed by atoms with Gasteiger partial charge in [0.15, 0.2) is 0 Å². The summed E-state index contributed by atoms with van der Waals surface area (Å²) in [5.41, 5.74) is 1.77. The Labute approximate surface area is 167 Å². The van der Waals surface area contributed by atoms with Crippen molar-refractivity contribution < 1.29 is 9.53 Å². The standard InChI is InChI=1S/C21H33N5O2/c1-15-9-22-16(2)21(24-15)23-10-19-13-26(20(27)14-28-19)12-18-5-7-25(8-6-18)11-17-3-4-17/h9,17-19H,3-8,10-14H2,1-2H3,(H,23,24)/t19-/m1/s1. The van der Waals surface area contributed by atoms with Crippen molar-refractivity contribution in [2.75, 3.05) is 51.2 Å². The van der Waals surface area contributed by atoms with E-state index in [1.165, 1.54) is 45.3 Å². The molecule has 1 atom stereocenters. The van der Waals surface area contributed by atoms with E-state index in [2.05, 4.69) is 20.2 Å². The van der Waals surface area contributed by atoms with Crippen molar-refractivity contribution >= 4 is 11.7 Å². The molecule has 1 N–H and O–H groups in total. The van der Waals surface area contributed by atoms with Crippen LogP contribution in [0.3, 0.4) is 0 Å². The molecule has 0 radical (unpaired) electrons. The number of anilines is 1. The number of likely N-dealkylation sites (tertiary alicyclic amines) is 1. The molecular weight excluding hydrogens is 354 g/mol. The molecule has 4 rings (SSSR count). The Bertz CT molecular complexity index is 685. The van der Waals surface area contributed by atoms with Gasteiger partial charge in [0.25, 0.3) is 0 Å². The summed E-state index contributed by atoms with van der Waals surface area (Å²) in [6, 6.07) is 0. The molecule has 3 fully saturated rings. The molecule has 2 saturated heterocycles. The summed E-state index contributed by atoms with van der Waals surface area (Å²) in [6.45, 7) is 9.91. The van der Waals surface area contributed by atoms with E-state index in [0.717, 1.165) is 29.7 Å². The van der Waals surface area contributed by atoms with Crippen molar-refractivity contribution in [3.05, 3.63) is 17.6 Å². The van der Waals surface area contributed by atoms with Gasteiger partial charge in [-0.1, -0.05) is 0 Å². The van der Waals surface area contributed by atoms with Crippen LogP contribution in [0.4, 0.5) is 5.82 Å². The van der Waals surface area contributed by atoms with Crippen LogP contribution in [0.1, 0.15) is 37.1 Å². The Balaban J connectivity index is 1.24.